The van der Waals surface area contributed by atoms with Crippen LogP contribution < -0.4 is 10.2 Å². The topological polar surface area (TPSA) is 145 Å². The van der Waals surface area contributed by atoms with Crippen molar-refractivity contribution in [1.29, 1.82) is 0 Å². The monoisotopic (exact) mass is 865 g/mol. The number of nitrogens with two attached hydrogens (primary N) is 1. The van der Waals surface area contributed by atoms with E-state index in [0.29, 0.717) is 32.4 Å². The van der Waals surface area contributed by atoms with E-state index in [-0.39, 0.29) is 34.7 Å². The van der Waals surface area contributed by atoms with Gasteiger partial charge in [-0.2, -0.15) is 0 Å². The Morgan fingerprint density at radius 3 is 1.60 bits per heavy atom. The summed E-state index contributed by atoms with van der Waals surface area (Å²) < 4.78 is 45.9. The molecule has 0 saturated carbocycles. The molecule has 1 amide bonds. The van der Waals surface area contributed by atoms with Crippen molar-refractivity contribution in [3.8, 4) is 0 Å². The fourth-order valence-corrected chi connectivity index (χ4v) is 5.50. The van der Waals surface area contributed by atoms with Crippen LogP contribution in [-0.4, -0.2) is 40.5 Å². The number of rotatable bonds is 8. The van der Waals surface area contributed by atoms with Gasteiger partial charge < -0.3 is 34.3 Å². The summed E-state index contributed by atoms with van der Waals surface area (Å²) in [5.74, 6) is -6.52. The summed E-state index contributed by atoms with van der Waals surface area (Å²) >= 11 is 23.8. The third-order valence-corrected chi connectivity index (χ3v) is 8.94. The van der Waals surface area contributed by atoms with E-state index in [1.807, 2.05) is 17.4 Å². The van der Waals surface area contributed by atoms with Crippen molar-refractivity contribution >= 4 is 81.6 Å². The molecule has 0 radical (unpaired) electrons. The summed E-state index contributed by atoms with van der Waals surface area (Å²) in [6.45, 7) is 7.01. The lowest BCUT2D eigenvalue weighted by molar-refractivity contribution is -0.588. The van der Waals surface area contributed by atoms with Crippen molar-refractivity contribution in [2.45, 2.75) is 52.4 Å². The average molecular weight is 868 g/mol. The molecule has 2 fully saturated rings. The zero-order valence-corrected chi connectivity index (χ0v) is 33.7. The zero-order valence-electron chi connectivity index (χ0n) is 30.7. The Hall–Kier alpha value is -5.18. The smallest absolute Gasteiger partial charge is 0.377 e. The molecule has 2 aliphatic rings. The van der Waals surface area contributed by atoms with Crippen LogP contribution in [0, 0.1) is 11.6 Å². The van der Waals surface area contributed by atoms with Gasteiger partial charge in [-0.1, -0.05) is 70.7 Å². The van der Waals surface area contributed by atoms with E-state index in [9.17, 15) is 28.0 Å². The normalized spacial score (nSPS) is 16.2. The predicted molar refractivity (Wildman–Crippen MR) is 209 cm³/mol. The summed E-state index contributed by atoms with van der Waals surface area (Å²) in [4.78, 5) is 47.2. The maximum atomic E-state index is 13.2. The average Bonchev–Trinajstić information content (AvgIpc) is 3.55. The van der Waals surface area contributed by atoms with Gasteiger partial charge in [0, 0.05) is 51.1 Å². The van der Waals surface area contributed by atoms with Gasteiger partial charge in [-0.05, 0) is 54.1 Å². The van der Waals surface area contributed by atoms with E-state index in [1.54, 1.807) is 56.3 Å². The SMILES string of the molecule is CC1(C)OC(=O)/C(=C/C(=O)N(Cc2ccc(F)cc2)c2ccc(Cl)c(Cl)c2)O1.CC1(C)OC(=O)/C(=C/C(=O)O)O1.Fc1ccc(C[NH2+]c2ccc(Cl)c(Cl)c2)cc1. The lowest BCUT2D eigenvalue weighted by Crippen LogP contribution is -2.76. The second-order valence-corrected chi connectivity index (χ2v) is 14.6. The van der Waals surface area contributed by atoms with E-state index in [0.717, 1.165) is 23.9 Å². The summed E-state index contributed by atoms with van der Waals surface area (Å²) in [6, 6.07) is 22.3. The molecule has 0 bridgehead atoms. The summed E-state index contributed by atoms with van der Waals surface area (Å²) in [5, 5.41) is 12.0. The standard InChI is InChI=1S/C20H16Cl2FNO4.C13H10Cl2FN.C7H8O5/c1-20(2)27-17(19(26)28-20)10-18(25)24(11-12-3-5-13(23)6-4-12)14-7-8-15(21)16(22)9-14;14-12-6-5-11(7-13(12)15)17-8-9-1-3-10(16)4-2-9;1-7(2)11-4(3-5(8)9)6(10)12-7/h3-10H,11H2,1-2H3;1-7,17H,8H2;3H,1-2H3,(H,8,9)/p+1/b17-10-;;4-3-. The van der Waals surface area contributed by atoms with Gasteiger partial charge in [0.25, 0.3) is 5.91 Å². The Morgan fingerprint density at radius 2 is 1.14 bits per heavy atom. The number of cyclic esters (lactones) is 2. The van der Waals surface area contributed by atoms with Crippen molar-refractivity contribution < 1.29 is 57.3 Å². The van der Waals surface area contributed by atoms with Crippen LogP contribution in [0.3, 0.4) is 0 Å². The molecule has 2 aliphatic heterocycles. The highest BCUT2D eigenvalue weighted by Gasteiger charge is 2.39. The minimum absolute atomic E-state index is 0.110. The fraction of sp³-hybridized carbons (Fsp3) is 0.200. The van der Waals surface area contributed by atoms with Crippen LogP contribution in [-0.2, 0) is 51.2 Å². The van der Waals surface area contributed by atoms with Gasteiger partial charge in [0.05, 0.1) is 38.8 Å². The second kappa shape index (κ2) is 19.3. The molecule has 300 valence electrons. The molecular formula is C40H35Cl4F2N2O9+. The molecule has 6 rings (SSSR count). The molecule has 0 aromatic heterocycles. The van der Waals surface area contributed by atoms with E-state index < -0.39 is 35.4 Å². The van der Waals surface area contributed by atoms with Crippen LogP contribution in [0.15, 0.2) is 109 Å². The molecule has 0 atom stereocenters. The Kier molecular flexibility index (Phi) is 15.1. The van der Waals surface area contributed by atoms with Gasteiger partial charge in [-0.3, -0.25) is 4.79 Å². The molecule has 0 aliphatic carbocycles. The largest absolute Gasteiger partial charge is 0.478 e. The Bertz CT molecular complexity index is 2200. The Labute approximate surface area is 346 Å². The van der Waals surface area contributed by atoms with E-state index in [4.69, 9.17) is 65.7 Å². The third kappa shape index (κ3) is 13.8. The van der Waals surface area contributed by atoms with E-state index in [1.165, 1.54) is 49.1 Å². The molecule has 3 N–H and O–H groups in total. The number of quaternary nitrogens is 1. The molecular weight excluding hydrogens is 832 g/mol. The van der Waals surface area contributed by atoms with Gasteiger partial charge in [-0.25, -0.2) is 23.2 Å². The first-order chi connectivity index (χ1) is 26.7. The number of carbonyl (C=O) groups is 4. The number of benzene rings is 4. The van der Waals surface area contributed by atoms with Crippen LogP contribution in [0.4, 0.5) is 20.2 Å². The fourth-order valence-electron chi connectivity index (χ4n) is 4.90. The summed E-state index contributed by atoms with van der Waals surface area (Å²) in [6.07, 6.45) is 1.74. The third-order valence-electron chi connectivity index (χ3n) is 7.47. The van der Waals surface area contributed by atoms with Gasteiger partial charge >= 0.3 is 17.9 Å². The number of aliphatic carboxylic acids is 1. The minimum atomic E-state index is -1.24. The predicted octanol–water partition coefficient (Wildman–Crippen LogP) is 8.65. The van der Waals surface area contributed by atoms with Crippen molar-refractivity contribution in [3.63, 3.8) is 0 Å². The first-order valence-electron chi connectivity index (χ1n) is 16.7. The Morgan fingerprint density at radius 1 is 0.667 bits per heavy atom. The molecule has 0 unspecified atom stereocenters. The molecule has 4 aromatic rings. The number of hydrogen-bond donors (Lipinski definition) is 2. The van der Waals surface area contributed by atoms with Crippen LogP contribution in [0.1, 0.15) is 38.8 Å². The highest BCUT2D eigenvalue weighted by molar-refractivity contribution is 6.42. The van der Waals surface area contributed by atoms with E-state index >= 15 is 0 Å². The number of ether oxygens (including phenoxy) is 4. The van der Waals surface area contributed by atoms with Crippen molar-refractivity contribution in [1.82, 2.24) is 0 Å². The highest BCUT2D eigenvalue weighted by atomic mass is 35.5. The van der Waals surface area contributed by atoms with Crippen molar-refractivity contribution in [2.24, 2.45) is 0 Å². The molecule has 4 aromatic carbocycles. The molecule has 2 saturated heterocycles. The van der Waals surface area contributed by atoms with E-state index in [2.05, 4.69) is 4.74 Å². The highest BCUT2D eigenvalue weighted by Crippen LogP contribution is 2.31. The number of esters is 2. The van der Waals surface area contributed by atoms with Crippen LogP contribution >= 0.6 is 46.4 Å². The summed E-state index contributed by atoms with van der Waals surface area (Å²) in [7, 11) is 0. The van der Waals surface area contributed by atoms with Crippen LogP contribution in [0.2, 0.25) is 20.1 Å². The second-order valence-electron chi connectivity index (χ2n) is 13.0. The number of nitrogens with zero attached hydrogens (tertiary/aromatic N) is 1. The van der Waals surface area contributed by atoms with Gasteiger partial charge in [-0.15, -0.1) is 0 Å². The molecule has 0 spiro atoms. The minimum Gasteiger partial charge on any atom is -0.478 e. The Balaban J connectivity index is 0.000000210. The van der Waals surface area contributed by atoms with Crippen molar-refractivity contribution in [3.05, 3.63) is 151 Å². The number of carboxylic acid groups (broad SMARTS) is 1. The van der Waals surface area contributed by atoms with Gasteiger partial charge in [0.2, 0.25) is 23.1 Å². The van der Waals surface area contributed by atoms with Gasteiger partial charge in [0.15, 0.2) is 0 Å². The number of anilines is 1. The van der Waals surface area contributed by atoms with Gasteiger partial charge in [0.1, 0.15) is 23.9 Å². The number of hydrogen-bond acceptors (Lipinski definition) is 8. The molecule has 11 nitrogen and oxygen atoms in total. The molecule has 2 heterocycles. The molecule has 17 heteroatoms. The number of halogens is 6. The first kappa shape index (κ1) is 44.5. The zero-order chi connectivity index (χ0) is 42.1. The van der Waals surface area contributed by atoms with Crippen LogP contribution in [0.5, 0.6) is 0 Å². The molecule has 57 heavy (non-hydrogen) atoms. The quantitative estimate of drug-likeness (QED) is 0.101. The number of amides is 1. The maximum absolute atomic E-state index is 13.2. The van der Waals surface area contributed by atoms with Crippen molar-refractivity contribution in [2.75, 3.05) is 4.90 Å². The van der Waals surface area contributed by atoms with Crippen LogP contribution in [0.25, 0.3) is 0 Å². The first-order valence-corrected chi connectivity index (χ1v) is 18.3. The number of carbonyl (C=O) groups excluding carboxylic acids is 3. The lowest BCUT2D eigenvalue weighted by atomic mass is 10.2. The maximum Gasteiger partial charge on any atom is 0.377 e. The lowest BCUT2D eigenvalue weighted by Gasteiger charge is -2.22. The summed E-state index contributed by atoms with van der Waals surface area (Å²) in [5.41, 5.74) is 3.18. The number of carboxylic acids is 1.